The van der Waals surface area contributed by atoms with E-state index in [0.29, 0.717) is 34.7 Å². The van der Waals surface area contributed by atoms with E-state index in [1.165, 1.54) is 14.2 Å². The molecule has 0 aromatic heterocycles. The molecule has 5 N–H and O–H groups in total. The second-order valence-electron chi connectivity index (χ2n) is 6.97. The lowest BCUT2D eigenvalue weighted by Crippen LogP contribution is -2.06. The molecule has 3 rings (SSSR count). The van der Waals surface area contributed by atoms with Crippen LogP contribution in [0.15, 0.2) is 23.8 Å². The van der Waals surface area contributed by atoms with Gasteiger partial charge in [-0.25, -0.2) is 0 Å². The van der Waals surface area contributed by atoms with Gasteiger partial charge in [0.2, 0.25) is 0 Å². The molecule has 8 nitrogen and oxygen atoms in total. The number of methoxy groups -OCH3 is 2. The number of allylic oxidation sites excluding steroid dienone is 1. The van der Waals surface area contributed by atoms with Crippen molar-refractivity contribution in [3.05, 3.63) is 51.6 Å². The minimum Gasteiger partial charge on any atom is -0.493 e. The summed E-state index contributed by atoms with van der Waals surface area (Å²) in [6.07, 6.45) is 2.32. The highest BCUT2D eigenvalue weighted by molar-refractivity contribution is 7.39. The van der Waals surface area contributed by atoms with E-state index >= 15 is 0 Å². The number of benzene rings is 2. The largest absolute Gasteiger partial charge is 0.493 e. The van der Waals surface area contributed by atoms with Gasteiger partial charge >= 0.3 is 8.60 Å². The standard InChI is InChI=1S/C21H25N2O6P/c1-11-5-13(6-12(2)19(11)23-10-29-30(25)26)7-15-8-14-9-16(27-3)21(28-4)18(22)17(14)20(15)24/h5-7,9,23,25-26H,8,10,22H2,1-4H3/b15-7+. The van der Waals surface area contributed by atoms with Crippen LogP contribution < -0.4 is 20.5 Å². The smallest absolute Gasteiger partial charge is 0.328 e. The third kappa shape index (κ3) is 4.27. The predicted molar refractivity (Wildman–Crippen MR) is 117 cm³/mol. The summed E-state index contributed by atoms with van der Waals surface area (Å²) in [4.78, 5) is 30.7. The topological polar surface area (TPSA) is 123 Å². The third-order valence-corrected chi connectivity index (χ3v) is 5.37. The number of carbonyl (C=O) groups is 1. The van der Waals surface area contributed by atoms with Crippen LogP contribution in [0.2, 0.25) is 0 Å². The average Bonchev–Trinajstić information content (AvgIpc) is 2.99. The summed E-state index contributed by atoms with van der Waals surface area (Å²) in [5, 5.41) is 3.03. The van der Waals surface area contributed by atoms with Gasteiger partial charge in [-0.1, -0.05) is 0 Å². The van der Waals surface area contributed by atoms with E-state index in [2.05, 4.69) is 5.32 Å². The van der Waals surface area contributed by atoms with Crippen molar-refractivity contribution >= 4 is 31.8 Å². The lowest BCUT2D eigenvalue weighted by molar-refractivity contribution is 0.104. The molecular formula is C21H25N2O6P. The Hall–Kier alpha value is -2.64. The number of ether oxygens (including phenoxy) is 2. The Labute approximate surface area is 176 Å². The number of hydrogen-bond acceptors (Lipinski definition) is 8. The molecule has 160 valence electrons. The molecule has 2 aromatic carbocycles. The molecule has 0 spiro atoms. The molecule has 0 aliphatic heterocycles. The molecule has 0 saturated carbocycles. The summed E-state index contributed by atoms with van der Waals surface area (Å²) in [5.74, 6) is 0.750. The van der Waals surface area contributed by atoms with Crippen LogP contribution in [0, 0.1) is 13.8 Å². The van der Waals surface area contributed by atoms with Crippen molar-refractivity contribution in [2.75, 3.05) is 32.0 Å². The monoisotopic (exact) mass is 432 g/mol. The van der Waals surface area contributed by atoms with E-state index in [4.69, 9.17) is 29.5 Å². The molecule has 0 fully saturated rings. The second kappa shape index (κ2) is 9.02. The number of carbonyl (C=O) groups excluding carboxylic acids is 1. The van der Waals surface area contributed by atoms with Crippen molar-refractivity contribution in [2.45, 2.75) is 20.3 Å². The lowest BCUT2D eigenvalue weighted by atomic mass is 10.0. The van der Waals surface area contributed by atoms with E-state index in [1.54, 1.807) is 6.07 Å². The molecule has 2 aromatic rings. The van der Waals surface area contributed by atoms with Crippen LogP contribution in [0.1, 0.15) is 32.6 Å². The molecule has 0 atom stereocenters. The minimum absolute atomic E-state index is 0.0163. The van der Waals surface area contributed by atoms with Crippen LogP contribution >= 0.6 is 8.60 Å². The summed E-state index contributed by atoms with van der Waals surface area (Å²) in [6.45, 7) is 3.84. The van der Waals surface area contributed by atoms with Crippen molar-refractivity contribution in [1.82, 2.24) is 0 Å². The van der Waals surface area contributed by atoms with Crippen molar-refractivity contribution in [1.29, 1.82) is 0 Å². The quantitative estimate of drug-likeness (QED) is 0.227. The molecule has 0 bridgehead atoms. The first kappa shape index (κ1) is 22.1. The number of fused-ring (bicyclic) bond motifs is 1. The lowest BCUT2D eigenvalue weighted by Gasteiger charge is -2.14. The van der Waals surface area contributed by atoms with E-state index in [-0.39, 0.29) is 12.5 Å². The van der Waals surface area contributed by atoms with Crippen molar-refractivity contribution in [3.63, 3.8) is 0 Å². The van der Waals surface area contributed by atoms with Gasteiger partial charge in [-0.15, -0.1) is 0 Å². The van der Waals surface area contributed by atoms with Crippen LogP contribution in [0.3, 0.4) is 0 Å². The minimum atomic E-state index is -2.41. The number of aryl methyl sites for hydroxylation is 2. The third-order valence-electron chi connectivity index (χ3n) is 5.01. The van der Waals surface area contributed by atoms with Gasteiger partial charge in [0.25, 0.3) is 0 Å². The SMILES string of the molecule is COc1cc2c(c(N)c1OC)C(=O)/C(=C/c1cc(C)c(NCOP(O)O)c(C)c1)C2. The normalized spacial score (nSPS) is 14.4. The van der Waals surface area contributed by atoms with Gasteiger partial charge in [-0.2, -0.15) is 0 Å². The van der Waals surface area contributed by atoms with Crippen LogP contribution in [0.25, 0.3) is 6.08 Å². The second-order valence-corrected chi connectivity index (χ2v) is 7.73. The Morgan fingerprint density at radius 1 is 1.17 bits per heavy atom. The Kier molecular flexibility index (Phi) is 6.63. The van der Waals surface area contributed by atoms with Gasteiger partial charge in [0, 0.05) is 17.7 Å². The van der Waals surface area contributed by atoms with Crippen molar-refractivity contribution in [3.8, 4) is 11.5 Å². The maximum Gasteiger partial charge on any atom is 0.328 e. The zero-order valence-corrected chi connectivity index (χ0v) is 18.2. The van der Waals surface area contributed by atoms with Gasteiger partial charge < -0.3 is 30.3 Å². The Morgan fingerprint density at radius 2 is 1.83 bits per heavy atom. The van der Waals surface area contributed by atoms with E-state index in [9.17, 15) is 4.79 Å². The molecule has 1 aliphatic rings. The summed E-state index contributed by atoms with van der Waals surface area (Å²) in [5.41, 5.74) is 12.0. The summed E-state index contributed by atoms with van der Waals surface area (Å²) < 4.78 is 15.4. The first-order chi connectivity index (χ1) is 14.3. The maximum absolute atomic E-state index is 13.0. The molecule has 0 amide bonds. The highest BCUT2D eigenvalue weighted by Crippen LogP contribution is 2.43. The van der Waals surface area contributed by atoms with E-state index in [0.717, 1.165) is 27.9 Å². The maximum atomic E-state index is 13.0. The summed E-state index contributed by atoms with van der Waals surface area (Å²) in [6, 6.07) is 5.69. The molecule has 0 heterocycles. The first-order valence-electron chi connectivity index (χ1n) is 9.21. The first-order valence-corrected chi connectivity index (χ1v) is 10.4. The molecule has 0 radical (unpaired) electrons. The van der Waals surface area contributed by atoms with Crippen LogP contribution in [0.5, 0.6) is 11.5 Å². The van der Waals surface area contributed by atoms with Crippen molar-refractivity contribution < 1.29 is 28.6 Å². The zero-order chi connectivity index (χ0) is 22.0. The van der Waals surface area contributed by atoms with Gasteiger partial charge in [-0.3, -0.25) is 9.32 Å². The Balaban J connectivity index is 1.90. The fraction of sp³-hybridized carbons (Fsp3) is 0.286. The highest BCUT2D eigenvalue weighted by atomic mass is 31.2. The molecule has 0 unspecified atom stereocenters. The number of Topliss-reactive ketones (excluding diaryl/α,β-unsaturated/α-hetero) is 1. The number of anilines is 2. The predicted octanol–water partition coefficient (Wildman–Crippen LogP) is 3.32. The van der Waals surface area contributed by atoms with Crippen LogP contribution in [-0.4, -0.2) is 36.5 Å². The van der Waals surface area contributed by atoms with Crippen molar-refractivity contribution in [2.24, 2.45) is 0 Å². The number of nitrogens with two attached hydrogens (primary N) is 1. The Morgan fingerprint density at radius 3 is 2.40 bits per heavy atom. The Bertz CT molecular complexity index is 996. The summed E-state index contributed by atoms with van der Waals surface area (Å²) >= 11 is 0. The molecule has 9 heteroatoms. The van der Waals surface area contributed by atoms with Crippen LogP contribution in [-0.2, 0) is 10.9 Å². The number of ketones is 1. The highest BCUT2D eigenvalue weighted by Gasteiger charge is 2.31. The number of rotatable bonds is 7. The molecule has 0 saturated heterocycles. The fourth-order valence-corrected chi connectivity index (χ4v) is 3.95. The number of hydrogen-bond donors (Lipinski definition) is 4. The average molecular weight is 432 g/mol. The van der Waals surface area contributed by atoms with Gasteiger partial charge in [0.1, 0.15) is 6.73 Å². The molecule has 30 heavy (non-hydrogen) atoms. The molecule has 1 aliphatic carbocycles. The van der Waals surface area contributed by atoms with Gasteiger partial charge in [0.15, 0.2) is 17.3 Å². The van der Waals surface area contributed by atoms with E-state index in [1.807, 2.05) is 32.1 Å². The number of nitrogen functional groups attached to an aromatic ring is 1. The van der Waals surface area contributed by atoms with Crippen LogP contribution in [0.4, 0.5) is 11.4 Å². The van der Waals surface area contributed by atoms with Gasteiger partial charge in [-0.05, 0) is 60.4 Å². The molecular weight excluding hydrogens is 407 g/mol. The van der Waals surface area contributed by atoms with Gasteiger partial charge in [0.05, 0.1) is 25.5 Å². The van der Waals surface area contributed by atoms with E-state index < -0.39 is 8.60 Å². The summed E-state index contributed by atoms with van der Waals surface area (Å²) in [7, 11) is 0.618. The number of nitrogens with one attached hydrogen (secondary N) is 1. The zero-order valence-electron chi connectivity index (χ0n) is 17.3. The fourth-order valence-electron chi connectivity index (χ4n) is 3.77.